The van der Waals surface area contributed by atoms with Gasteiger partial charge in [0.25, 0.3) is 0 Å². The summed E-state index contributed by atoms with van der Waals surface area (Å²) < 4.78 is 10.5. The van der Waals surface area contributed by atoms with E-state index in [0.717, 1.165) is 11.3 Å². The van der Waals surface area contributed by atoms with Crippen LogP contribution in [0.4, 0.5) is 5.69 Å². The first-order chi connectivity index (χ1) is 12.4. The molecular formula is C19H21ClN2O3S. The average molecular weight is 393 g/mol. The first-order valence-corrected chi connectivity index (χ1v) is 8.83. The van der Waals surface area contributed by atoms with E-state index in [-0.39, 0.29) is 11.6 Å². The number of carbonyl (C=O) groups is 1. The summed E-state index contributed by atoms with van der Waals surface area (Å²) in [5.74, 6) is 0.345. The van der Waals surface area contributed by atoms with Crippen LogP contribution >= 0.6 is 23.8 Å². The Bertz CT molecular complexity index is 798. The zero-order valence-electron chi connectivity index (χ0n) is 14.8. The number of hydrogen-bond acceptors (Lipinski definition) is 4. The molecule has 0 aliphatic heterocycles. The Morgan fingerprint density at radius 3 is 2.69 bits per heavy atom. The molecule has 0 aliphatic carbocycles. The highest BCUT2D eigenvalue weighted by Crippen LogP contribution is 2.21. The summed E-state index contributed by atoms with van der Waals surface area (Å²) in [5.41, 5.74) is 1.99. The molecule has 2 rings (SSSR count). The normalized spacial score (nSPS) is 11.4. The van der Waals surface area contributed by atoms with Crippen LogP contribution in [0.25, 0.3) is 0 Å². The number of nitrogens with one attached hydrogen (secondary N) is 2. The number of benzene rings is 2. The fourth-order valence-corrected chi connectivity index (χ4v) is 2.75. The Balaban J connectivity index is 1.90. The molecule has 2 aromatic rings. The largest absolute Gasteiger partial charge is 0.491 e. The first kappa shape index (κ1) is 20.0. The maximum absolute atomic E-state index is 11.7. The third-order valence-electron chi connectivity index (χ3n) is 3.59. The number of ether oxygens (including phenoxy) is 2. The third-order valence-corrected chi connectivity index (χ3v) is 4.14. The van der Waals surface area contributed by atoms with E-state index in [9.17, 15) is 4.79 Å². The minimum absolute atomic E-state index is 0.0121. The predicted molar refractivity (Wildman–Crippen MR) is 108 cm³/mol. The van der Waals surface area contributed by atoms with Gasteiger partial charge in [-0.25, -0.2) is 4.79 Å². The van der Waals surface area contributed by atoms with Gasteiger partial charge < -0.3 is 20.1 Å². The maximum atomic E-state index is 11.7. The number of carbonyl (C=O) groups excluding carboxylic acids is 1. The minimum atomic E-state index is -0.502. The van der Waals surface area contributed by atoms with Crippen LogP contribution in [-0.4, -0.2) is 30.8 Å². The summed E-state index contributed by atoms with van der Waals surface area (Å²) in [7, 11) is 1.31. The summed E-state index contributed by atoms with van der Waals surface area (Å²) in [4.78, 5) is 11.7. The van der Waals surface area contributed by atoms with E-state index in [1.165, 1.54) is 7.11 Å². The topological polar surface area (TPSA) is 59.6 Å². The van der Waals surface area contributed by atoms with Gasteiger partial charge in [-0.1, -0.05) is 29.8 Å². The van der Waals surface area contributed by atoms with Crippen molar-refractivity contribution in [2.45, 2.75) is 19.9 Å². The summed E-state index contributed by atoms with van der Waals surface area (Å²) in [6.07, 6.45) is 0. The molecule has 0 bridgehead atoms. The molecular weight excluding hydrogens is 372 g/mol. The standard InChI is InChI=1S/C19H21ClN2O3S/c1-12-6-4-5-7-17(12)25-11-13(2)21-19(26)22-14-8-9-16(20)15(10-14)18(23)24-3/h4-10,13H,11H2,1-3H3,(H2,21,22,26)/t13-/m0/s1. The van der Waals surface area contributed by atoms with Crippen LogP contribution in [0.15, 0.2) is 42.5 Å². The van der Waals surface area contributed by atoms with E-state index in [0.29, 0.717) is 22.4 Å². The smallest absolute Gasteiger partial charge is 0.339 e. The summed E-state index contributed by atoms with van der Waals surface area (Å²) in [6, 6.07) is 12.8. The lowest BCUT2D eigenvalue weighted by Gasteiger charge is -2.18. The molecule has 0 saturated carbocycles. The Labute approximate surface area is 163 Å². The molecule has 5 nitrogen and oxygen atoms in total. The van der Waals surface area contributed by atoms with Crippen molar-refractivity contribution in [1.29, 1.82) is 0 Å². The Hall–Kier alpha value is -2.31. The highest BCUT2D eigenvalue weighted by Gasteiger charge is 2.12. The number of anilines is 1. The zero-order valence-corrected chi connectivity index (χ0v) is 16.4. The van der Waals surface area contributed by atoms with Crippen molar-refractivity contribution in [3.63, 3.8) is 0 Å². The minimum Gasteiger partial charge on any atom is -0.491 e. The average Bonchev–Trinajstić information content (AvgIpc) is 2.62. The lowest BCUT2D eigenvalue weighted by Crippen LogP contribution is -2.39. The van der Waals surface area contributed by atoms with Gasteiger partial charge in [0, 0.05) is 5.69 Å². The van der Waals surface area contributed by atoms with E-state index >= 15 is 0 Å². The van der Waals surface area contributed by atoms with Gasteiger partial charge >= 0.3 is 5.97 Å². The maximum Gasteiger partial charge on any atom is 0.339 e. The van der Waals surface area contributed by atoms with Crippen molar-refractivity contribution in [3.05, 3.63) is 58.6 Å². The van der Waals surface area contributed by atoms with Gasteiger partial charge in [-0.2, -0.15) is 0 Å². The number of para-hydroxylation sites is 1. The Morgan fingerprint density at radius 1 is 1.27 bits per heavy atom. The Morgan fingerprint density at radius 2 is 2.00 bits per heavy atom. The number of thiocarbonyl (C=S) groups is 1. The second-order valence-corrected chi connectivity index (χ2v) is 6.58. The molecule has 0 unspecified atom stereocenters. The number of rotatable bonds is 6. The molecule has 0 aromatic heterocycles. The summed E-state index contributed by atoms with van der Waals surface area (Å²) in [5, 5.41) is 6.91. The highest BCUT2D eigenvalue weighted by atomic mass is 35.5. The van der Waals surface area contributed by atoms with Gasteiger partial charge in [0.1, 0.15) is 12.4 Å². The van der Waals surface area contributed by atoms with E-state index in [2.05, 4.69) is 10.6 Å². The lowest BCUT2D eigenvalue weighted by molar-refractivity contribution is 0.0601. The predicted octanol–water partition coefficient (Wildman–Crippen LogP) is 4.19. The third kappa shape index (κ3) is 5.61. The molecule has 2 aromatic carbocycles. The molecule has 0 aliphatic rings. The number of aryl methyl sites for hydroxylation is 1. The van der Waals surface area contributed by atoms with Crippen molar-refractivity contribution >= 4 is 40.6 Å². The summed E-state index contributed by atoms with van der Waals surface area (Å²) in [6.45, 7) is 4.42. The van der Waals surface area contributed by atoms with Gasteiger partial charge in [-0.3, -0.25) is 0 Å². The van der Waals surface area contributed by atoms with Gasteiger partial charge in [0.05, 0.1) is 23.7 Å². The van der Waals surface area contributed by atoms with Crippen LogP contribution in [0.1, 0.15) is 22.8 Å². The van der Waals surface area contributed by atoms with Crippen LogP contribution in [0, 0.1) is 6.92 Å². The van der Waals surface area contributed by atoms with Gasteiger partial charge in [-0.05, 0) is 55.9 Å². The van der Waals surface area contributed by atoms with Gasteiger partial charge in [0.2, 0.25) is 0 Å². The van der Waals surface area contributed by atoms with Crippen molar-refractivity contribution in [2.75, 3.05) is 19.0 Å². The Kier molecular flexibility index (Phi) is 7.24. The summed E-state index contributed by atoms with van der Waals surface area (Å²) >= 11 is 11.3. The first-order valence-electron chi connectivity index (χ1n) is 8.04. The second kappa shape index (κ2) is 9.40. The van der Waals surface area contributed by atoms with Crippen LogP contribution < -0.4 is 15.4 Å². The molecule has 138 valence electrons. The van der Waals surface area contributed by atoms with Crippen LogP contribution in [0.3, 0.4) is 0 Å². The lowest BCUT2D eigenvalue weighted by atomic mass is 10.2. The van der Waals surface area contributed by atoms with Crippen molar-refractivity contribution in [1.82, 2.24) is 5.32 Å². The molecule has 0 fully saturated rings. The molecule has 26 heavy (non-hydrogen) atoms. The SMILES string of the molecule is COC(=O)c1cc(NC(=S)N[C@@H](C)COc2ccccc2C)ccc1Cl. The fourth-order valence-electron chi connectivity index (χ4n) is 2.24. The number of methoxy groups -OCH3 is 1. The van der Waals surface area contributed by atoms with Crippen molar-refractivity contribution in [3.8, 4) is 5.75 Å². The molecule has 0 heterocycles. The molecule has 2 N–H and O–H groups in total. The number of esters is 1. The van der Waals surface area contributed by atoms with Crippen molar-refractivity contribution < 1.29 is 14.3 Å². The fraction of sp³-hybridized carbons (Fsp3) is 0.263. The van der Waals surface area contributed by atoms with Gasteiger partial charge in [0.15, 0.2) is 5.11 Å². The van der Waals surface area contributed by atoms with Crippen LogP contribution in [0.5, 0.6) is 5.75 Å². The van der Waals surface area contributed by atoms with E-state index in [1.807, 2.05) is 38.1 Å². The second-order valence-electron chi connectivity index (χ2n) is 5.76. The van der Waals surface area contributed by atoms with Crippen LogP contribution in [0.2, 0.25) is 5.02 Å². The monoisotopic (exact) mass is 392 g/mol. The molecule has 7 heteroatoms. The number of halogens is 1. The molecule has 0 amide bonds. The van der Waals surface area contributed by atoms with E-state index < -0.39 is 5.97 Å². The van der Waals surface area contributed by atoms with E-state index in [4.69, 9.17) is 33.3 Å². The number of hydrogen-bond donors (Lipinski definition) is 2. The molecule has 0 spiro atoms. The molecule has 0 saturated heterocycles. The van der Waals surface area contributed by atoms with Crippen LogP contribution in [-0.2, 0) is 4.74 Å². The molecule has 0 radical (unpaired) electrons. The van der Waals surface area contributed by atoms with Crippen molar-refractivity contribution in [2.24, 2.45) is 0 Å². The molecule has 1 atom stereocenters. The highest BCUT2D eigenvalue weighted by molar-refractivity contribution is 7.80. The quantitative estimate of drug-likeness (QED) is 0.567. The van der Waals surface area contributed by atoms with Gasteiger partial charge in [-0.15, -0.1) is 0 Å². The zero-order chi connectivity index (χ0) is 19.1. The van der Waals surface area contributed by atoms with E-state index in [1.54, 1.807) is 18.2 Å².